The third-order valence-electron chi connectivity index (χ3n) is 7.53. The van der Waals surface area contributed by atoms with Gasteiger partial charge in [-0.15, -0.1) is 0 Å². The van der Waals surface area contributed by atoms with Crippen LogP contribution in [0.15, 0.2) is 12.1 Å². The zero-order valence-electron chi connectivity index (χ0n) is 18.2. The smallest absolute Gasteiger partial charge is 0.317 e. The zero-order chi connectivity index (χ0) is 20.3. The minimum absolute atomic E-state index is 0.267. The van der Waals surface area contributed by atoms with Crippen LogP contribution in [-0.2, 0) is 11.2 Å². The average molecular weight is 393 g/mol. The number of hydrogen-bond acceptors (Lipinski definition) is 1. The van der Waals surface area contributed by atoms with Crippen molar-refractivity contribution in [2.75, 3.05) is 0 Å². The van der Waals surface area contributed by atoms with Crippen LogP contribution in [0.25, 0.3) is 0 Å². The fourth-order valence-electron chi connectivity index (χ4n) is 5.26. The summed E-state index contributed by atoms with van der Waals surface area (Å²) >= 11 is 0. The van der Waals surface area contributed by atoms with E-state index in [9.17, 15) is 8.78 Å². The summed E-state index contributed by atoms with van der Waals surface area (Å²) in [4.78, 5) is 0. The number of hydrogen-bond donors (Lipinski definition) is 0. The number of benzene rings is 1. The van der Waals surface area contributed by atoms with Gasteiger partial charge in [0.05, 0.1) is 12.0 Å². The van der Waals surface area contributed by atoms with Gasteiger partial charge in [0.2, 0.25) is 0 Å². The summed E-state index contributed by atoms with van der Waals surface area (Å²) in [6.45, 7) is 8.68. The first-order valence-electron chi connectivity index (χ1n) is 11.4. The molecule has 0 saturated heterocycles. The molecule has 0 unspecified atom stereocenters. The Hall–Kier alpha value is -0.960. The number of rotatable bonds is 6. The highest BCUT2D eigenvalue weighted by Gasteiger charge is 2.44. The van der Waals surface area contributed by atoms with Crippen molar-refractivity contribution in [3.63, 3.8) is 0 Å². The Morgan fingerprint density at radius 1 is 0.857 bits per heavy atom. The molecule has 2 saturated carbocycles. The van der Waals surface area contributed by atoms with Gasteiger partial charge in [-0.05, 0) is 113 Å². The second kappa shape index (κ2) is 9.24. The van der Waals surface area contributed by atoms with Crippen molar-refractivity contribution in [1.82, 2.24) is 0 Å². The van der Waals surface area contributed by atoms with E-state index in [4.69, 9.17) is 4.74 Å². The molecule has 1 nitrogen and oxygen atoms in total. The van der Waals surface area contributed by atoms with Crippen molar-refractivity contribution in [3.8, 4) is 0 Å². The molecule has 2 fully saturated rings. The molecule has 3 heteroatoms. The maximum Gasteiger partial charge on any atom is 0.358 e. The first-order chi connectivity index (χ1) is 13.3. The highest BCUT2D eigenvalue weighted by Crippen LogP contribution is 2.42. The molecule has 0 amide bonds. The highest BCUT2D eigenvalue weighted by molar-refractivity contribution is 5.37. The lowest BCUT2D eigenvalue weighted by atomic mass is 9.80. The number of aryl methyl sites for hydroxylation is 2. The molecule has 2 aliphatic carbocycles. The van der Waals surface area contributed by atoms with Crippen LogP contribution in [0.3, 0.4) is 0 Å². The summed E-state index contributed by atoms with van der Waals surface area (Å²) in [6, 6.07) is 4.59. The van der Waals surface area contributed by atoms with Crippen LogP contribution in [0.5, 0.6) is 0 Å². The molecule has 0 bridgehead atoms. The van der Waals surface area contributed by atoms with E-state index in [1.54, 1.807) is 0 Å². The van der Waals surface area contributed by atoms with Crippen LogP contribution in [0.4, 0.5) is 8.78 Å². The Morgan fingerprint density at radius 2 is 1.39 bits per heavy atom. The van der Waals surface area contributed by atoms with Crippen LogP contribution in [0, 0.1) is 38.5 Å². The van der Waals surface area contributed by atoms with Crippen LogP contribution in [0.1, 0.15) is 87.0 Å². The summed E-state index contributed by atoms with van der Waals surface area (Å²) in [7, 11) is 0. The summed E-state index contributed by atoms with van der Waals surface area (Å²) < 4.78 is 34.8. The van der Waals surface area contributed by atoms with Crippen molar-refractivity contribution in [2.24, 2.45) is 17.8 Å². The van der Waals surface area contributed by atoms with E-state index in [0.717, 1.165) is 51.4 Å². The Labute approximate surface area is 170 Å². The molecule has 1 aromatic rings. The van der Waals surface area contributed by atoms with Crippen LogP contribution in [0.2, 0.25) is 0 Å². The lowest BCUT2D eigenvalue weighted by Crippen LogP contribution is -2.39. The van der Waals surface area contributed by atoms with Crippen molar-refractivity contribution in [2.45, 2.75) is 104 Å². The van der Waals surface area contributed by atoms with Crippen molar-refractivity contribution in [1.29, 1.82) is 0 Å². The van der Waals surface area contributed by atoms with Crippen molar-refractivity contribution >= 4 is 0 Å². The van der Waals surface area contributed by atoms with Crippen LogP contribution in [-0.4, -0.2) is 12.2 Å². The summed E-state index contributed by atoms with van der Waals surface area (Å²) in [5, 5.41) is 0. The average Bonchev–Trinajstić information content (AvgIpc) is 2.67. The second-order valence-electron chi connectivity index (χ2n) is 9.51. The van der Waals surface area contributed by atoms with Crippen molar-refractivity contribution < 1.29 is 13.5 Å². The SMILES string of the molecule is CCC1CCC(C(F)(F)OC2CCC(Cc3cc(C)c(C)c(C)c3)CC2)CC1. The van der Waals surface area contributed by atoms with Gasteiger partial charge in [-0.2, -0.15) is 8.78 Å². The van der Waals surface area contributed by atoms with E-state index in [1.807, 2.05) is 0 Å². The third-order valence-corrected chi connectivity index (χ3v) is 7.53. The van der Waals surface area contributed by atoms with Crippen LogP contribution >= 0.6 is 0 Å². The maximum absolute atomic E-state index is 14.7. The van der Waals surface area contributed by atoms with E-state index in [1.165, 1.54) is 22.3 Å². The fourth-order valence-corrected chi connectivity index (χ4v) is 5.26. The van der Waals surface area contributed by atoms with E-state index >= 15 is 0 Å². The van der Waals surface area contributed by atoms with Gasteiger partial charge >= 0.3 is 6.11 Å². The Morgan fingerprint density at radius 3 is 1.93 bits per heavy atom. The van der Waals surface area contributed by atoms with Gasteiger partial charge in [-0.1, -0.05) is 25.5 Å². The lowest BCUT2D eigenvalue weighted by Gasteiger charge is -2.37. The summed E-state index contributed by atoms with van der Waals surface area (Å²) in [5.74, 6) is 0.651. The molecule has 158 valence electrons. The molecule has 3 rings (SSSR count). The predicted molar refractivity (Wildman–Crippen MR) is 112 cm³/mol. The highest BCUT2D eigenvalue weighted by atomic mass is 19.3. The first kappa shape index (κ1) is 21.7. The van der Waals surface area contributed by atoms with E-state index in [0.29, 0.717) is 24.7 Å². The molecule has 1 aromatic carbocycles. The lowest BCUT2D eigenvalue weighted by molar-refractivity contribution is -0.301. The Bertz CT molecular complexity index is 615. The minimum Gasteiger partial charge on any atom is -0.317 e. The van der Waals surface area contributed by atoms with Gasteiger partial charge in [0.25, 0.3) is 0 Å². The minimum atomic E-state index is -2.94. The fraction of sp³-hybridized carbons (Fsp3) is 0.760. The normalized spacial score (nSPS) is 29.1. The number of halogens is 2. The van der Waals surface area contributed by atoms with Gasteiger partial charge in [0, 0.05) is 0 Å². The summed E-state index contributed by atoms with van der Waals surface area (Å²) in [6.07, 6.45) is 5.60. The van der Waals surface area contributed by atoms with Gasteiger partial charge in [-0.3, -0.25) is 0 Å². The third kappa shape index (κ3) is 5.34. The quantitative estimate of drug-likeness (QED) is 0.486. The molecule has 28 heavy (non-hydrogen) atoms. The summed E-state index contributed by atoms with van der Waals surface area (Å²) in [5.41, 5.74) is 5.47. The van der Waals surface area contributed by atoms with E-state index < -0.39 is 12.0 Å². The molecule has 2 aliphatic rings. The van der Waals surface area contributed by atoms with Gasteiger partial charge < -0.3 is 4.74 Å². The first-order valence-corrected chi connectivity index (χ1v) is 11.4. The molecular weight excluding hydrogens is 354 g/mol. The Balaban J connectivity index is 1.47. The zero-order valence-corrected chi connectivity index (χ0v) is 18.2. The molecule has 0 aliphatic heterocycles. The Kier molecular flexibility index (Phi) is 7.17. The molecule has 0 aromatic heterocycles. The second-order valence-corrected chi connectivity index (χ2v) is 9.51. The molecule has 0 N–H and O–H groups in total. The molecule has 0 atom stereocenters. The number of ether oxygens (including phenoxy) is 1. The monoisotopic (exact) mass is 392 g/mol. The van der Waals surface area contributed by atoms with E-state index in [2.05, 4.69) is 39.8 Å². The van der Waals surface area contributed by atoms with Gasteiger partial charge in [-0.25, -0.2) is 0 Å². The topological polar surface area (TPSA) is 9.23 Å². The largest absolute Gasteiger partial charge is 0.358 e. The predicted octanol–water partition coefficient (Wildman–Crippen LogP) is 7.54. The standard InChI is InChI=1S/C25H38F2O/c1-5-20-6-10-23(11-7-20)25(26,27)28-24-12-8-21(9-13-24)16-22-14-17(2)19(4)18(3)15-22/h14-15,20-21,23-24H,5-13,16H2,1-4H3. The van der Waals surface area contributed by atoms with Gasteiger partial charge in [0.15, 0.2) is 0 Å². The van der Waals surface area contributed by atoms with Crippen LogP contribution < -0.4 is 0 Å². The molecule has 0 spiro atoms. The van der Waals surface area contributed by atoms with Crippen molar-refractivity contribution in [3.05, 3.63) is 34.4 Å². The molecular formula is C25H38F2O. The molecule has 0 heterocycles. The van der Waals surface area contributed by atoms with E-state index in [-0.39, 0.29) is 6.10 Å². The molecule has 0 radical (unpaired) electrons. The maximum atomic E-state index is 14.7. The number of alkyl halides is 2. The van der Waals surface area contributed by atoms with Gasteiger partial charge in [0.1, 0.15) is 0 Å².